The van der Waals surface area contributed by atoms with Crippen LogP contribution in [-0.2, 0) is 23.3 Å². The Balaban J connectivity index is 2.64. The molecule has 15 heavy (non-hydrogen) atoms. The first kappa shape index (κ1) is 10.7. The van der Waals surface area contributed by atoms with Gasteiger partial charge >= 0.3 is 101 Å². The van der Waals surface area contributed by atoms with Crippen LogP contribution in [0.25, 0.3) is 5.69 Å². The van der Waals surface area contributed by atoms with Gasteiger partial charge in [-0.25, -0.2) is 0 Å². The van der Waals surface area contributed by atoms with Crippen molar-refractivity contribution in [1.29, 1.82) is 0 Å². The zero-order chi connectivity index (χ0) is 10.8. The molecule has 0 unspecified atom stereocenters. The van der Waals surface area contributed by atoms with Gasteiger partial charge in [-0.1, -0.05) is 0 Å². The summed E-state index contributed by atoms with van der Waals surface area (Å²) in [6, 6.07) is 7.20. The maximum absolute atomic E-state index is 11.3. The van der Waals surface area contributed by atoms with Gasteiger partial charge in [-0.15, -0.1) is 0 Å². The second kappa shape index (κ2) is 4.36. The summed E-state index contributed by atoms with van der Waals surface area (Å²) in [6.07, 6.45) is 0. The average Bonchev–Trinajstić information content (AvgIpc) is 2.60. The van der Waals surface area contributed by atoms with E-state index in [1.54, 1.807) is 12.1 Å². The predicted molar refractivity (Wildman–Crippen MR) is 50.8 cm³/mol. The average molecular weight is 413 g/mol. The fraction of sp³-hybridized carbons (Fsp3) is 0. The number of nitrogens with two attached hydrogens (primary N) is 1. The molecule has 0 bridgehead atoms. The first-order valence-electron chi connectivity index (χ1n) is 4.27. The molecule has 5 nitrogen and oxygen atoms in total. The van der Waals surface area contributed by atoms with Crippen LogP contribution >= 0.6 is 8.25 Å². The van der Waals surface area contributed by atoms with Crippen LogP contribution in [0.5, 0.6) is 0 Å². The second-order valence-corrected chi connectivity index (χ2v) is 8.94. The Kier molecular flexibility index (Phi) is 3.11. The van der Waals surface area contributed by atoms with Crippen LogP contribution in [0.2, 0.25) is 0 Å². The van der Waals surface area contributed by atoms with Crippen molar-refractivity contribution < 1.29 is 32.5 Å². The van der Waals surface area contributed by atoms with Crippen molar-refractivity contribution in [2.75, 3.05) is 5.73 Å². The Labute approximate surface area is 101 Å². The second-order valence-electron chi connectivity index (χ2n) is 2.96. The van der Waals surface area contributed by atoms with Crippen LogP contribution in [0.1, 0.15) is 0 Å². The SMILES string of the molecule is Nc1ccccc1-[n+]1[nH]oc(=O)[c]1[Hg][Cl]. The topological polar surface area (TPSA) is 75.9 Å². The summed E-state index contributed by atoms with van der Waals surface area (Å²) in [6.45, 7) is 0. The molecule has 7 heteroatoms. The Morgan fingerprint density at radius 2 is 2.20 bits per heavy atom. The van der Waals surface area contributed by atoms with Crippen molar-refractivity contribution in [2.45, 2.75) is 0 Å². The van der Waals surface area contributed by atoms with Gasteiger partial charge < -0.3 is 0 Å². The molecule has 0 amide bonds. The Bertz CT molecular complexity index is 537. The van der Waals surface area contributed by atoms with E-state index in [1.807, 2.05) is 12.1 Å². The summed E-state index contributed by atoms with van der Waals surface area (Å²) in [4.78, 5) is 11.3. The standard InChI is InChI=1S/C8H7N3O2.ClH.Hg/c9-6-3-1-2-4-7(6)11-5-8(12)13-10-11;;/h1-4,10H,9H2;1H;/q+1;;+1/p-1. The Morgan fingerprint density at radius 3 is 2.87 bits per heavy atom. The fourth-order valence-electron chi connectivity index (χ4n) is 1.29. The van der Waals surface area contributed by atoms with Crippen molar-refractivity contribution in [3.63, 3.8) is 0 Å². The van der Waals surface area contributed by atoms with Gasteiger partial charge in [0, 0.05) is 0 Å². The number of benzene rings is 1. The number of anilines is 1. The van der Waals surface area contributed by atoms with Gasteiger partial charge in [-0.05, 0) is 0 Å². The monoisotopic (exact) mass is 414 g/mol. The minimum absolute atomic E-state index is 0.394. The summed E-state index contributed by atoms with van der Waals surface area (Å²) in [5.41, 5.74) is 6.65. The third kappa shape index (κ3) is 1.94. The third-order valence-corrected chi connectivity index (χ3v) is 7.60. The van der Waals surface area contributed by atoms with E-state index >= 15 is 0 Å². The first-order chi connectivity index (χ1) is 7.24. The number of halogens is 1. The molecule has 1 aromatic heterocycles. The number of aromatic amines is 1. The van der Waals surface area contributed by atoms with Crippen molar-refractivity contribution in [1.82, 2.24) is 5.27 Å². The van der Waals surface area contributed by atoms with Gasteiger partial charge in [-0.3, -0.25) is 0 Å². The van der Waals surface area contributed by atoms with Gasteiger partial charge in [0.15, 0.2) is 0 Å². The summed E-state index contributed by atoms with van der Waals surface area (Å²) < 4.78 is 6.76. The maximum atomic E-state index is 11.3. The van der Waals surface area contributed by atoms with E-state index in [-0.39, 0.29) is 0 Å². The molecule has 2 aromatic rings. The van der Waals surface area contributed by atoms with Crippen molar-refractivity contribution in [3.05, 3.63) is 34.7 Å². The molecule has 0 saturated carbocycles. The molecule has 0 radical (unpaired) electrons. The molecule has 1 heterocycles. The fourth-order valence-corrected chi connectivity index (χ4v) is 5.38. The minimum atomic E-state index is -1.86. The van der Waals surface area contributed by atoms with E-state index in [2.05, 4.69) is 5.27 Å². The molecule has 0 aliphatic carbocycles. The molecular weight excluding hydrogens is 406 g/mol. The summed E-state index contributed by atoms with van der Waals surface area (Å²) in [7, 11) is 5.86. The van der Waals surface area contributed by atoms with Gasteiger partial charge in [-0.2, -0.15) is 0 Å². The van der Waals surface area contributed by atoms with Gasteiger partial charge in [0.1, 0.15) is 0 Å². The molecule has 3 N–H and O–H groups in total. The number of hydrogen-bond acceptors (Lipinski definition) is 3. The number of nitrogens with zero attached hydrogens (tertiary/aromatic N) is 1. The molecule has 0 fully saturated rings. The molecule has 0 spiro atoms. The number of nitrogen functional groups attached to an aromatic ring is 1. The van der Waals surface area contributed by atoms with Crippen molar-refractivity contribution in [3.8, 4) is 5.69 Å². The molecule has 0 atom stereocenters. The Hall–Kier alpha value is -0.815. The number of nitrogens with one attached hydrogen (secondary N) is 1. The Morgan fingerprint density at radius 1 is 1.47 bits per heavy atom. The van der Waals surface area contributed by atoms with Gasteiger partial charge in [0.2, 0.25) is 0 Å². The third-order valence-electron chi connectivity index (χ3n) is 2.04. The van der Waals surface area contributed by atoms with Crippen molar-refractivity contribution in [2.24, 2.45) is 0 Å². The van der Waals surface area contributed by atoms with E-state index in [4.69, 9.17) is 18.5 Å². The molecule has 0 aliphatic rings. The van der Waals surface area contributed by atoms with E-state index in [0.29, 0.717) is 14.6 Å². The van der Waals surface area contributed by atoms with E-state index < -0.39 is 29.0 Å². The van der Waals surface area contributed by atoms with Crippen LogP contribution in [0.15, 0.2) is 33.6 Å². The first-order valence-corrected chi connectivity index (χ1v) is 13.8. The normalized spacial score (nSPS) is 9.93. The zero-order valence-electron chi connectivity index (χ0n) is 7.74. The van der Waals surface area contributed by atoms with Crippen LogP contribution < -0.4 is 19.2 Å². The van der Waals surface area contributed by atoms with Crippen LogP contribution in [-0.4, -0.2) is 5.27 Å². The zero-order valence-corrected chi connectivity index (χ0v) is 14.0. The molecular formula is C8H7ClHgN3O2+. The van der Waals surface area contributed by atoms with Crippen LogP contribution in [0.3, 0.4) is 0 Å². The molecule has 0 aliphatic heterocycles. The number of rotatable bonds is 2. The van der Waals surface area contributed by atoms with Gasteiger partial charge in [0.25, 0.3) is 0 Å². The number of hydrogen-bond donors (Lipinski definition) is 2. The van der Waals surface area contributed by atoms with Crippen molar-refractivity contribution >= 4 is 17.1 Å². The summed E-state index contributed by atoms with van der Waals surface area (Å²) in [5.74, 6) is 0. The van der Waals surface area contributed by atoms with E-state index in [0.717, 1.165) is 0 Å². The molecule has 0 saturated heterocycles. The van der Waals surface area contributed by atoms with Crippen LogP contribution in [0, 0.1) is 0 Å². The summed E-state index contributed by atoms with van der Waals surface area (Å²) in [5, 5.41) is 2.50. The predicted octanol–water partition coefficient (Wildman–Crippen LogP) is -0.312. The number of H-pyrrole nitrogens is 1. The quantitative estimate of drug-likeness (QED) is 0.403. The summed E-state index contributed by atoms with van der Waals surface area (Å²) >= 11 is -1.86. The molecule has 1 aromatic carbocycles. The molecule has 74 valence electrons. The number of para-hydroxylation sites is 2. The van der Waals surface area contributed by atoms with E-state index in [9.17, 15) is 4.79 Å². The number of aromatic nitrogens is 2. The van der Waals surface area contributed by atoms with E-state index in [1.165, 1.54) is 4.68 Å². The van der Waals surface area contributed by atoms with Crippen LogP contribution in [0.4, 0.5) is 5.69 Å². The molecule has 2 rings (SSSR count). The van der Waals surface area contributed by atoms with Gasteiger partial charge in [0.05, 0.1) is 0 Å².